The van der Waals surface area contributed by atoms with Crippen molar-refractivity contribution in [1.29, 1.82) is 0 Å². The Hall–Kier alpha value is -4.04. The van der Waals surface area contributed by atoms with E-state index in [9.17, 15) is 0 Å². The van der Waals surface area contributed by atoms with E-state index in [2.05, 4.69) is 62.7 Å². The number of unbranched alkanes of at least 4 members (excludes halogenated alkanes) is 24. The molecule has 1 aliphatic carbocycles. The fourth-order valence-electron chi connectivity index (χ4n) is 14.0. The van der Waals surface area contributed by atoms with Crippen molar-refractivity contribution in [2.24, 2.45) is 0 Å². The zero-order chi connectivity index (χ0) is 58.7. The molecule has 4 atom stereocenters. The van der Waals surface area contributed by atoms with Crippen LogP contribution < -0.4 is 28.4 Å². The van der Waals surface area contributed by atoms with Gasteiger partial charge in [0.25, 0.3) is 0 Å². The molecule has 0 saturated heterocycles. The van der Waals surface area contributed by atoms with Crippen LogP contribution in [0.5, 0.6) is 34.5 Å². The lowest BCUT2D eigenvalue weighted by molar-refractivity contribution is -0.187. The highest BCUT2D eigenvalue weighted by Crippen LogP contribution is 2.60. The predicted octanol–water partition coefficient (Wildman–Crippen LogP) is 21.3. The van der Waals surface area contributed by atoms with Crippen molar-refractivity contribution < 1.29 is 37.9 Å². The van der Waals surface area contributed by atoms with Gasteiger partial charge in [-0.05, 0) is 137 Å². The molecule has 4 aromatic carbocycles. The minimum absolute atomic E-state index is 0.0120. The molecule has 10 rings (SSSR count). The molecule has 5 aliphatic heterocycles. The molecule has 4 unspecified atom stereocenters. The Labute approximate surface area is 526 Å². The lowest BCUT2D eigenvalue weighted by Crippen LogP contribution is -2.41. The summed E-state index contributed by atoms with van der Waals surface area (Å²) < 4.78 is 56.5. The average molecular weight is 1220 g/mol. The topological polar surface area (TPSA) is 73.8 Å². The number of rotatable bonds is 36. The van der Waals surface area contributed by atoms with Gasteiger partial charge in [0.2, 0.25) is 20.4 Å². The summed E-state index contributed by atoms with van der Waals surface area (Å²) in [4.78, 5) is 2.67. The van der Waals surface area contributed by atoms with Gasteiger partial charge < -0.3 is 37.9 Å². The van der Waals surface area contributed by atoms with Crippen LogP contribution in [0.4, 0.5) is 0 Å². The van der Waals surface area contributed by atoms with E-state index in [0.717, 1.165) is 184 Å². The molecule has 84 heavy (non-hydrogen) atoms. The highest BCUT2D eigenvalue weighted by Gasteiger charge is 2.49. The van der Waals surface area contributed by atoms with Gasteiger partial charge in [0.1, 0.15) is 52.5 Å². The normalized spacial score (nSPS) is 19.6. The molecule has 0 saturated carbocycles. The summed E-state index contributed by atoms with van der Waals surface area (Å²) in [6.45, 7) is 15.7. The summed E-state index contributed by atoms with van der Waals surface area (Å²) in [6, 6.07) is 13.8. The van der Waals surface area contributed by atoms with Crippen LogP contribution in [-0.4, -0.2) is 27.2 Å². The van der Waals surface area contributed by atoms with Crippen molar-refractivity contribution in [3.63, 3.8) is 0 Å². The first-order valence-electron chi connectivity index (χ1n) is 32.2. The Kier molecular flexibility index (Phi) is 24.7. The number of ether oxygens (including phenoxy) is 8. The largest absolute Gasteiger partial charge is 0.456 e. The Morgan fingerprint density at radius 2 is 0.690 bits per heavy atom. The van der Waals surface area contributed by atoms with Crippen molar-refractivity contribution in [3.05, 3.63) is 132 Å². The van der Waals surface area contributed by atoms with Gasteiger partial charge in [-0.2, -0.15) is 0 Å². The smallest absolute Gasteiger partial charge is 0.231 e. The number of benzene rings is 4. The summed E-state index contributed by atoms with van der Waals surface area (Å²) in [5.41, 5.74) is 5.92. The fourth-order valence-corrected chi connectivity index (χ4v) is 15.4. The molecule has 0 aromatic heterocycles. The van der Waals surface area contributed by atoms with Crippen LogP contribution in [0, 0.1) is 0 Å². The molecule has 5 heterocycles. The fraction of sp³-hybridized carbons (Fsp3) is 0.556. The summed E-state index contributed by atoms with van der Waals surface area (Å²) in [6.07, 6.45) is 42.1. The number of thiol groups is 4. The molecule has 10 bridgehead atoms. The standard InChI is InChI=1S/C72H96O8S4/c1-5-9-13-17-21-25-29-33-37-53-55-41-51-43-61(81)63(55)73-47-74-64-56(53)45-57-54(38-34-30-26-22-18-14-10-6-2)58-46-60-68(70(84)66(58)76-48-75-65(57)69(64)83)78-49-77-67-59-42-52(44-62(67)82)71(51,39-35-31-27-23-19-15-11-7-3)79-50-80-72(59,60)40-36-32-28-24-20-16-12-8-4/h5-8,41-46,53-54,81-84H,1-4,9-40,47-50H2. The zero-order valence-electron chi connectivity index (χ0n) is 50.3. The lowest BCUT2D eigenvalue weighted by Gasteiger charge is -2.45. The quantitative estimate of drug-likeness (QED) is 0.0204. The van der Waals surface area contributed by atoms with Crippen molar-refractivity contribution in [1.82, 2.24) is 0 Å². The Bertz CT molecular complexity index is 2870. The molecular formula is C72H96O8S4. The van der Waals surface area contributed by atoms with Gasteiger partial charge in [0.15, 0.2) is 0 Å². The summed E-state index contributed by atoms with van der Waals surface area (Å²) in [7, 11) is 0. The molecule has 0 radical (unpaired) electrons. The first-order chi connectivity index (χ1) is 41.2. The third-order valence-electron chi connectivity index (χ3n) is 18.5. The molecule has 456 valence electrons. The van der Waals surface area contributed by atoms with Crippen molar-refractivity contribution in [2.45, 2.75) is 248 Å². The first kappa shape index (κ1) is 64.4. The van der Waals surface area contributed by atoms with Crippen LogP contribution in [-0.2, 0) is 20.7 Å². The van der Waals surface area contributed by atoms with E-state index < -0.39 is 11.2 Å². The van der Waals surface area contributed by atoms with Crippen molar-refractivity contribution >= 4 is 50.5 Å². The Morgan fingerprint density at radius 3 is 1.19 bits per heavy atom. The molecule has 6 aliphatic rings. The van der Waals surface area contributed by atoms with Crippen LogP contribution in [0.3, 0.4) is 0 Å². The van der Waals surface area contributed by atoms with Gasteiger partial charge in [-0.25, -0.2) is 0 Å². The van der Waals surface area contributed by atoms with Crippen molar-refractivity contribution in [2.75, 3.05) is 27.2 Å². The number of hydrogen-bond acceptors (Lipinski definition) is 12. The predicted molar refractivity (Wildman–Crippen MR) is 354 cm³/mol. The maximum atomic E-state index is 7.76. The third-order valence-corrected chi connectivity index (χ3v) is 20.0. The number of hydrogen-bond donors (Lipinski definition) is 4. The van der Waals surface area contributed by atoms with E-state index in [1.807, 2.05) is 24.3 Å². The van der Waals surface area contributed by atoms with E-state index in [4.69, 9.17) is 88.4 Å². The SMILES string of the molecule is C=CCCCCCCCCC1c2cc3cc(S)c2OCOc2c1cc1c(c2S)OCOc2c(cc4c(c2S)OCOc2c(S)cc5cc2C4(CCCCCCCCC=C)OCOC35CCCCCCCCC=C)C1CCCCCCCCC=C. The van der Waals surface area contributed by atoms with Crippen LogP contribution in [0.15, 0.2) is 107 Å². The highest BCUT2D eigenvalue weighted by molar-refractivity contribution is 7.81. The molecule has 4 aromatic rings. The second kappa shape index (κ2) is 32.3. The van der Waals surface area contributed by atoms with E-state index >= 15 is 0 Å². The van der Waals surface area contributed by atoms with E-state index in [-0.39, 0.29) is 39.0 Å². The minimum atomic E-state index is -1.12. The van der Waals surface area contributed by atoms with E-state index in [1.165, 1.54) is 64.2 Å². The average Bonchev–Trinajstić information content (AvgIpc) is 1.67. The molecule has 0 N–H and O–H groups in total. The molecule has 0 spiro atoms. The maximum absolute atomic E-state index is 7.76. The number of allylic oxidation sites excluding steroid dienone is 4. The van der Waals surface area contributed by atoms with Gasteiger partial charge in [-0.15, -0.1) is 76.8 Å². The van der Waals surface area contributed by atoms with Gasteiger partial charge in [-0.1, -0.05) is 140 Å². The van der Waals surface area contributed by atoms with Crippen LogP contribution in [0.1, 0.15) is 262 Å². The number of fused-ring (bicyclic) bond motifs is 2. The molecule has 0 fully saturated rings. The zero-order valence-corrected chi connectivity index (χ0v) is 53.8. The van der Waals surface area contributed by atoms with Crippen LogP contribution in [0.25, 0.3) is 0 Å². The maximum Gasteiger partial charge on any atom is 0.231 e. The second-order valence-electron chi connectivity index (χ2n) is 24.1. The molecule has 8 nitrogen and oxygen atoms in total. The first-order valence-corrected chi connectivity index (χ1v) is 34.0. The summed E-state index contributed by atoms with van der Waals surface area (Å²) in [5.74, 6) is 3.55. The Balaban J connectivity index is 1.29. The monoisotopic (exact) mass is 1220 g/mol. The molecule has 0 amide bonds. The lowest BCUT2D eigenvalue weighted by atomic mass is 9.73. The third kappa shape index (κ3) is 14.9. The Morgan fingerprint density at radius 1 is 0.345 bits per heavy atom. The molecule has 12 heteroatoms. The summed E-state index contributed by atoms with van der Waals surface area (Å²) in [5, 5.41) is 0. The van der Waals surface area contributed by atoms with Gasteiger partial charge >= 0.3 is 0 Å². The van der Waals surface area contributed by atoms with Crippen LogP contribution in [0.2, 0.25) is 0 Å². The van der Waals surface area contributed by atoms with Gasteiger partial charge in [-0.3, -0.25) is 0 Å². The van der Waals surface area contributed by atoms with Crippen molar-refractivity contribution in [3.8, 4) is 34.5 Å². The van der Waals surface area contributed by atoms with E-state index in [0.29, 0.717) is 56.3 Å². The highest BCUT2D eigenvalue weighted by atomic mass is 32.1. The summed E-state index contributed by atoms with van der Waals surface area (Å²) >= 11 is 21.8. The molecular weight excluding hydrogens is 1120 g/mol. The van der Waals surface area contributed by atoms with E-state index in [1.54, 1.807) is 0 Å². The van der Waals surface area contributed by atoms with Gasteiger partial charge in [0.05, 0.1) is 9.79 Å². The second-order valence-corrected chi connectivity index (χ2v) is 26.0. The van der Waals surface area contributed by atoms with Gasteiger partial charge in [0, 0.05) is 55.0 Å². The minimum Gasteiger partial charge on any atom is -0.456 e. The van der Waals surface area contributed by atoms with Crippen LogP contribution >= 0.6 is 50.5 Å².